The third kappa shape index (κ3) is 5.78. The van der Waals surface area contributed by atoms with Gasteiger partial charge in [-0.15, -0.1) is 0 Å². The fourth-order valence-corrected chi connectivity index (χ4v) is 3.95. The zero-order valence-electron chi connectivity index (χ0n) is 17.0. The molecular formula is C20H32N4O4. The van der Waals surface area contributed by atoms with Gasteiger partial charge in [0.15, 0.2) is 0 Å². The first-order valence-corrected chi connectivity index (χ1v) is 10.3. The quantitative estimate of drug-likeness (QED) is 0.647. The van der Waals surface area contributed by atoms with Crippen molar-refractivity contribution < 1.29 is 19.1 Å². The molecule has 2 aliphatic rings. The molecule has 0 bridgehead atoms. The van der Waals surface area contributed by atoms with Crippen molar-refractivity contribution >= 4 is 11.9 Å². The highest BCUT2D eigenvalue weighted by atomic mass is 16.5. The van der Waals surface area contributed by atoms with Gasteiger partial charge in [0.25, 0.3) is 0 Å². The van der Waals surface area contributed by atoms with E-state index in [1.165, 1.54) is 0 Å². The molecule has 1 amide bonds. The number of hydrogen-bond acceptors (Lipinski definition) is 6. The molecule has 156 valence electrons. The molecule has 0 aliphatic carbocycles. The van der Waals surface area contributed by atoms with Gasteiger partial charge in [0.1, 0.15) is 12.4 Å². The van der Waals surface area contributed by atoms with Crippen LogP contribution in [0, 0.1) is 0 Å². The number of esters is 1. The Morgan fingerprint density at radius 3 is 2.61 bits per heavy atom. The molecule has 0 aromatic carbocycles. The average molecular weight is 393 g/mol. The molecule has 0 radical (unpaired) electrons. The number of ether oxygens (including phenoxy) is 2. The minimum atomic E-state index is -0.286. The Labute approximate surface area is 166 Å². The van der Waals surface area contributed by atoms with Crippen LogP contribution in [0.2, 0.25) is 0 Å². The minimum Gasteiger partial charge on any atom is -0.462 e. The molecule has 1 aromatic rings. The van der Waals surface area contributed by atoms with Gasteiger partial charge < -0.3 is 18.9 Å². The number of amides is 1. The molecule has 3 rings (SSSR count). The van der Waals surface area contributed by atoms with Crippen LogP contribution in [0.4, 0.5) is 0 Å². The number of piperidine rings is 1. The van der Waals surface area contributed by atoms with Gasteiger partial charge in [0.2, 0.25) is 5.91 Å². The smallest absolute Gasteiger partial charge is 0.326 e. The number of hydrogen-bond donors (Lipinski definition) is 0. The highest BCUT2D eigenvalue weighted by molar-refractivity contribution is 5.76. The normalized spacial score (nSPS) is 19.2. The summed E-state index contributed by atoms with van der Waals surface area (Å²) >= 11 is 0. The van der Waals surface area contributed by atoms with Gasteiger partial charge in [0, 0.05) is 57.5 Å². The molecule has 0 spiro atoms. The fourth-order valence-electron chi connectivity index (χ4n) is 3.95. The summed E-state index contributed by atoms with van der Waals surface area (Å²) in [5.74, 6) is 0.628. The van der Waals surface area contributed by atoms with Crippen LogP contribution < -0.4 is 0 Å². The molecule has 0 unspecified atom stereocenters. The van der Waals surface area contributed by atoms with E-state index in [4.69, 9.17) is 9.47 Å². The summed E-state index contributed by atoms with van der Waals surface area (Å²) in [6, 6.07) is 0.568. The first-order valence-electron chi connectivity index (χ1n) is 10.3. The molecule has 2 fully saturated rings. The Bertz CT molecular complexity index is 646. The SMILES string of the molecule is CC(C)OC(=O)Cn1ccnc1CCC(=O)N1CCC(N2CCOCC2)CC1. The summed E-state index contributed by atoms with van der Waals surface area (Å²) < 4.78 is 12.4. The number of carbonyl (C=O) groups is 2. The lowest BCUT2D eigenvalue weighted by atomic mass is 10.0. The zero-order chi connectivity index (χ0) is 19.9. The monoisotopic (exact) mass is 392 g/mol. The number of aryl methyl sites for hydroxylation is 1. The van der Waals surface area contributed by atoms with Crippen LogP contribution in [0.1, 0.15) is 38.9 Å². The average Bonchev–Trinajstić information content (AvgIpc) is 3.13. The van der Waals surface area contributed by atoms with Crippen molar-refractivity contribution in [1.82, 2.24) is 19.4 Å². The maximum atomic E-state index is 12.6. The van der Waals surface area contributed by atoms with Gasteiger partial charge in [-0.2, -0.15) is 0 Å². The van der Waals surface area contributed by atoms with Crippen molar-refractivity contribution in [2.75, 3.05) is 39.4 Å². The van der Waals surface area contributed by atoms with E-state index < -0.39 is 0 Å². The summed E-state index contributed by atoms with van der Waals surface area (Å²) in [7, 11) is 0. The van der Waals surface area contributed by atoms with Crippen molar-refractivity contribution in [3.05, 3.63) is 18.2 Å². The van der Waals surface area contributed by atoms with Gasteiger partial charge >= 0.3 is 5.97 Å². The molecule has 2 saturated heterocycles. The fraction of sp³-hybridized carbons (Fsp3) is 0.750. The first-order chi connectivity index (χ1) is 13.5. The molecule has 0 saturated carbocycles. The lowest BCUT2D eigenvalue weighted by Gasteiger charge is -2.40. The second kappa shape index (κ2) is 10.0. The maximum absolute atomic E-state index is 12.6. The van der Waals surface area contributed by atoms with Crippen molar-refractivity contribution in [2.24, 2.45) is 0 Å². The third-order valence-corrected chi connectivity index (χ3v) is 5.41. The van der Waals surface area contributed by atoms with Crippen LogP contribution >= 0.6 is 0 Å². The summed E-state index contributed by atoms with van der Waals surface area (Å²) in [6.07, 6.45) is 6.29. The maximum Gasteiger partial charge on any atom is 0.326 e. The van der Waals surface area contributed by atoms with E-state index >= 15 is 0 Å². The topological polar surface area (TPSA) is 76.9 Å². The van der Waals surface area contributed by atoms with E-state index in [2.05, 4.69) is 9.88 Å². The van der Waals surface area contributed by atoms with E-state index in [-0.39, 0.29) is 24.5 Å². The Hall–Kier alpha value is -1.93. The van der Waals surface area contributed by atoms with Gasteiger partial charge in [-0.3, -0.25) is 14.5 Å². The van der Waals surface area contributed by atoms with Crippen molar-refractivity contribution in [3.63, 3.8) is 0 Å². The summed E-state index contributed by atoms with van der Waals surface area (Å²) in [5, 5.41) is 0. The number of imidazole rings is 1. The largest absolute Gasteiger partial charge is 0.462 e. The van der Waals surface area contributed by atoms with Gasteiger partial charge in [-0.25, -0.2) is 4.98 Å². The Balaban J connectivity index is 1.42. The Kier molecular flexibility index (Phi) is 7.44. The number of rotatable bonds is 7. The summed E-state index contributed by atoms with van der Waals surface area (Å²) in [5.41, 5.74) is 0. The molecular weight excluding hydrogens is 360 g/mol. The number of carbonyl (C=O) groups excluding carboxylic acids is 2. The Morgan fingerprint density at radius 1 is 1.21 bits per heavy atom. The van der Waals surface area contributed by atoms with E-state index in [1.807, 2.05) is 18.7 Å². The highest BCUT2D eigenvalue weighted by Crippen LogP contribution is 2.18. The molecule has 28 heavy (non-hydrogen) atoms. The van der Waals surface area contributed by atoms with E-state index in [0.29, 0.717) is 18.9 Å². The van der Waals surface area contributed by atoms with Gasteiger partial charge in [0.05, 0.1) is 19.3 Å². The molecule has 3 heterocycles. The van der Waals surface area contributed by atoms with E-state index in [1.54, 1.807) is 17.0 Å². The molecule has 8 nitrogen and oxygen atoms in total. The summed E-state index contributed by atoms with van der Waals surface area (Å²) in [4.78, 5) is 33.3. The second-order valence-corrected chi connectivity index (χ2v) is 7.77. The lowest BCUT2D eigenvalue weighted by Crippen LogP contribution is -2.50. The van der Waals surface area contributed by atoms with Crippen LogP contribution in [0.15, 0.2) is 12.4 Å². The van der Waals surface area contributed by atoms with Crippen LogP contribution in [0.5, 0.6) is 0 Å². The van der Waals surface area contributed by atoms with E-state index in [0.717, 1.165) is 58.1 Å². The van der Waals surface area contributed by atoms with E-state index in [9.17, 15) is 9.59 Å². The number of morpholine rings is 1. The number of likely N-dealkylation sites (tertiary alicyclic amines) is 1. The molecule has 0 atom stereocenters. The van der Waals surface area contributed by atoms with Crippen LogP contribution in [-0.2, 0) is 32.0 Å². The Morgan fingerprint density at radius 2 is 1.93 bits per heavy atom. The second-order valence-electron chi connectivity index (χ2n) is 7.77. The third-order valence-electron chi connectivity index (χ3n) is 5.41. The molecule has 8 heteroatoms. The standard InChI is InChI=1S/C20H32N4O4/c1-16(2)28-20(26)15-24-10-7-21-18(24)3-4-19(25)23-8-5-17(6-9-23)22-11-13-27-14-12-22/h7,10,16-17H,3-6,8-9,11-15H2,1-2H3. The number of aromatic nitrogens is 2. The molecule has 1 aromatic heterocycles. The van der Waals surface area contributed by atoms with Gasteiger partial charge in [-0.05, 0) is 26.7 Å². The zero-order valence-corrected chi connectivity index (χ0v) is 17.0. The van der Waals surface area contributed by atoms with Crippen LogP contribution in [0.25, 0.3) is 0 Å². The predicted octanol–water partition coefficient (Wildman–Crippen LogP) is 1.09. The van der Waals surface area contributed by atoms with Crippen LogP contribution in [-0.4, -0.2) is 82.8 Å². The summed E-state index contributed by atoms with van der Waals surface area (Å²) in [6.45, 7) is 9.05. The predicted molar refractivity (Wildman–Crippen MR) is 104 cm³/mol. The van der Waals surface area contributed by atoms with Crippen molar-refractivity contribution in [2.45, 2.75) is 58.2 Å². The lowest BCUT2D eigenvalue weighted by molar-refractivity contribution is -0.148. The van der Waals surface area contributed by atoms with Crippen molar-refractivity contribution in [1.29, 1.82) is 0 Å². The molecule has 0 N–H and O–H groups in total. The molecule has 2 aliphatic heterocycles. The number of nitrogens with zero attached hydrogens (tertiary/aromatic N) is 4. The highest BCUT2D eigenvalue weighted by Gasteiger charge is 2.27. The first kappa shape index (κ1) is 20.8. The van der Waals surface area contributed by atoms with Crippen molar-refractivity contribution in [3.8, 4) is 0 Å². The van der Waals surface area contributed by atoms with Gasteiger partial charge in [-0.1, -0.05) is 0 Å². The van der Waals surface area contributed by atoms with Crippen LogP contribution in [0.3, 0.4) is 0 Å². The minimum absolute atomic E-state index is 0.132.